The topological polar surface area (TPSA) is 56.9 Å². The van der Waals surface area contributed by atoms with Crippen LogP contribution in [0.3, 0.4) is 0 Å². The second-order valence-electron chi connectivity index (χ2n) is 7.70. The fraction of sp³-hybridized carbons (Fsp3) is 0.545. The lowest BCUT2D eigenvalue weighted by Gasteiger charge is -2.36. The molecule has 0 radical (unpaired) electrons. The number of aryl methyl sites for hydroxylation is 2. The molecule has 29 heavy (non-hydrogen) atoms. The molecular weight excluding hydrogens is 477 g/mol. The van der Waals surface area contributed by atoms with E-state index in [4.69, 9.17) is 9.52 Å². The minimum absolute atomic E-state index is 0. The molecule has 1 aromatic carbocycles. The molecule has 6 nitrogen and oxygen atoms in total. The van der Waals surface area contributed by atoms with E-state index in [9.17, 15) is 0 Å². The van der Waals surface area contributed by atoms with Crippen molar-refractivity contribution in [3.05, 3.63) is 52.9 Å². The first kappa shape index (κ1) is 23.7. The van der Waals surface area contributed by atoms with E-state index in [0.29, 0.717) is 5.92 Å². The molecule has 1 fully saturated rings. The average Bonchev–Trinajstić information content (AvgIpc) is 3.11. The molecule has 2 aromatic rings. The van der Waals surface area contributed by atoms with Gasteiger partial charge in [-0.2, -0.15) is 0 Å². The molecule has 0 spiro atoms. The summed E-state index contributed by atoms with van der Waals surface area (Å²) in [6.07, 6.45) is 0. The summed E-state index contributed by atoms with van der Waals surface area (Å²) in [7, 11) is 0. The fourth-order valence-corrected chi connectivity index (χ4v) is 3.49. The van der Waals surface area contributed by atoms with Gasteiger partial charge in [-0.15, -0.1) is 24.0 Å². The lowest BCUT2D eigenvalue weighted by atomic mass is 10.0. The predicted molar refractivity (Wildman–Crippen MR) is 129 cm³/mol. The van der Waals surface area contributed by atoms with Crippen LogP contribution in [-0.2, 0) is 6.54 Å². The second-order valence-corrected chi connectivity index (χ2v) is 7.70. The number of hydrogen-bond donors (Lipinski definition) is 1. The molecule has 1 aromatic heterocycles. The zero-order chi connectivity index (χ0) is 19.9. The molecule has 1 saturated heterocycles. The van der Waals surface area contributed by atoms with Crippen molar-refractivity contribution in [1.29, 1.82) is 0 Å². The summed E-state index contributed by atoms with van der Waals surface area (Å²) in [5.41, 5.74) is 3.66. The van der Waals surface area contributed by atoms with Crippen molar-refractivity contribution in [3.63, 3.8) is 0 Å². The summed E-state index contributed by atoms with van der Waals surface area (Å²) in [5, 5.41) is 7.58. The molecule has 1 aliphatic rings. The van der Waals surface area contributed by atoms with Crippen molar-refractivity contribution in [3.8, 4) is 0 Å². The number of halogens is 1. The largest absolute Gasteiger partial charge is 0.361 e. The van der Waals surface area contributed by atoms with Crippen LogP contribution < -0.4 is 5.32 Å². The van der Waals surface area contributed by atoms with Crippen LogP contribution in [0, 0.1) is 13.8 Å². The third-order valence-corrected chi connectivity index (χ3v) is 5.23. The molecule has 160 valence electrons. The standard InChI is InChI=1S/C22H33N5O.HI/c1-5-23-22(24-15-18(3)20-8-6-17(2)7-9-20)27-12-10-26(11-13-27)16-21-14-19(4)28-25-21;/h6-9,14,18H,5,10-13,15-16H2,1-4H3,(H,23,24);1H. The van der Waals surface area contributed by atoms with E-state index in [1.807, 2.05) is 13.0 Å². The Morgan fingerprint density at radius 1 is 1.17 bits per heavy atom. The minimum Gasteiger partial charge on any atom is -0.361 e. The summed E-state index contributed by atoms with van der Waals surface area (Å²) < 4.78 is 5.18. The smallest absolute Gasteiger partial charge is 0.194 e. The maximum absolute atomic E-state index is 5.18. The van der Waals surface area contributed by atoms with Crippen LogP contribution in [0.1, 0.15) is 42.3 Å². The maximum Gasteiger partial charge on any atom is 0.194 e. The van der Waals surface area contributed by atoms with Gasteiger partial charge in [0.2, 0.25) is 0 Å². The van der Waals surface area contributed by atoms with Crippen LogP contribution in [0.2, 0.25) is 0 Å². The molecule has 1 N–H and O–H groups in total. The van der Waals surface area contributed by atoms with Crippen LogP contribution in [0.5, 0.6) is 0 Å². The van der Waals surface area contributed by atoms with E-state index in [1.54, 1.807) is 0 Å². The quantitative estimate of drug-likeness (QED) is 0.364. The van der Waals surface area contributed by atoms with Crippen molar-refractivity contribution >= 4 is 29.9 Å². The Morgan fingerprint density at radius 2 is 1.86 bits per heavy atom. The van der Waals surface area contributed by atoms with Crippen LogP contribution in [0.15, 0.2) is 39.8 Å². The molecule has 0 amide bonds. The Kier molecular flexibility index (Phi) is 9.42. The molecule has 1 atom stereocenters. The van der Waals surface area contributed by atoms with E-state index in [1.165, 1.54) is 11.1 Å². The first-order valence-corrected chi connectivity index (χ1v) is 10.3. The van der Waals surface area contributed by atoms with Gasteiger partial charge in [0, 0.05) is 57.8 Å². The van der Waals surface area contributed by atoms with Gasteiger partial charge in [0.25, 0.3) is 0 Å². The van der Waals surface area contributed by atoms with Crippen molar-refractivity contribution in [2.45, 2.75) is 40.2 Å². The van der Waals surface area contributed by atoms with Crippen LogP contribution in [-0.4, -0.2) is 60.2 Å². The average molecular weight is 511 g/mol. The Morgan fingerprint density at radius 3 is 2.45 bits per heavy atom. The van der Waals surface area contributed by atoms with Crippen LogP contribution in [0.25, 0.3) is 0 Å². The van der Waals surface area contributed by atoms with Crippen LogP contribution >= 0.6 is 24.0 Å². The molecule has 0 saturated carbocycles. The van der Waals surface area contributed by atoms with Gasteiger partial charge in [-0.3, -0.25) is 9.89 Å². The van der Waals surface area contributed by atoms with Gasteiger partial charge < -0.3 is 14.7 Å². The van der Waals surface area contributed by atoms with Crippen molar-refractivity contribution in [2.24, 2.45) is 4.99 Å². The Hall–Kier alpha value is -1.61. The molecule has 3 rings (SSSR count). The molecule has 2 heterocycles. The Bertz CT molecular complexity index is 766. The Balaban J connectivity index is 0.00000300. The van der Waals surface area contributed by atoms with Gasteiger partial charge in [-0.1, -0.05) is 41.9 Å². The van der Waals surface area contributed by atoms with Gasteiger partial charge in [0.1, 0.15) is 5.76 Å². The number of hydrogen-bond acceptors (Lipinski definition) is 4. The third kappa shape index (κ3) is 6.99. The van der Waals surface area contributed by atoms with E-state index in [-0.39, 0.29) is 24.0 Å². The van der Waals surface area contributed by atoms with Crippen LogP contribution in [0.4, 0.5) is 0 Å². The second kappa shape index (κ2) is 11.5. The Labute approximate surface area is 191 Å². The number of rotatable bonds is 6. The molecule has 7 heteroatoms. The highest BCUT2D eigenvalue weighted by atomic mass is 127. The fourth-order valence-electron chi connectivity index (χ4n) is 3.49. The lowest BCUT2D eigenvalue weighted by molar-refractivity contribution is 0.169. The lowest BCUT2D eigenvalue weighted by Crippen LogP contribution is -2.52. The first-order chi connectivity index (χ1) is 13.5. The maximum atomic E-state index is 5.18. The van der Waals surface area contributed by atoms with E-state index >= 15 is 0 Å². The van der Waals surface area contributed by atoms with Crippen molar-refractivity contribution < 1.29 is 4.52 Å². The molecule has 1 aliphatic heterocycles. The monoisotopic (exact) mass is 511 g/mol. The number of piperazine rings is 1. The van der Waals surface area contributed by atoms with Gasteiger partial charge >= 0.3 is 0 Å². The summed E-state index contributed by atoms with van der Waals surface area (Å²) in [5.74, 6) is 2.31. The highest BCUT2D eigenvalue weighted by molar-refractivity contribution is 14.0. The van der Waals surface area contributed by atoms with Crippen molar-refractivity contribution in [2.75, 3.05) is 39.3 Å². The summed E-state index contributed by atoms with van der Waals surface area (Å²) >= 11 is 0. The SMILES string of the molecule is CCNC(=NCC(C)c1ccc(C)cc1)N1CCN(Cc2cc(C)on2)CC1.I. The first-order valence-electron chi connectivity index (χ1n) is 10.3. The highest BCUT2D eigenvalue weighted by Crippen LogP contribution is 2.16. The number of guanidine groups is 1. The van der Waals surface area contributed by atoms with Gasteiger partial charge in [0.15, 0.2) is 5.96 Å². The summed E-state index contributed by atoms with van der Waals surface area (Å²) in [6.45, 7) is 14.9. The molecule has 0 bridgehead atoms. The van der Waals surface area contributed by atoms with Gasteiger partial charge in [0.05, 0.1) is 5.69 Å². The number of nitrogens with one attached hydrogen (secondary N) is 1. The molecule has 1 unspecified atom stereocenters. The van der Waals surface area contributed by atoms with E-state index in [2.05, 4.69) is 65.3 Å². The van der Waals surface area contributed by atoms with E-state index in [0.717, 1.165) is 63.2 Å². The molecule has 0 aliphatic carbocycles. The number of aromatic nitrogens is 1. The van der Waals surface area contributed by atoms with Gasteiger partial charge in [-0.05, 0) is 26.3 Å². The zero-order valence-electron chi connectivity index (χ0n) is 18.0. The highest BCUT2D eigenvalue weighted by Gasteiger charge is 2.20. The summed E-state index contributed by atoms with van der Waals surface area (Å²) in [4.78, 5) is 9.73. The van der Waals surface area contributed by atoms with Gasteiger partial charge in [-0.25, -0.2) is 0 Å². The normalized spacial score (nSPS) is 16.4. The number of aliphatic imine (C=N–C) groups is 1. The predicted octanol–water partition coefficient (Wildman–Crippen LogP) is 3.80. The summed E-state index contributed by atoms with van der Waals surface area (Å²) in [6, 6.07) is 10.8. The number of benzene rings is 1. The minimum atomic E-state index is 0. The zero-order valence-corrected chi connectivity index (χ0v) is 20.3. The molecular formula is C22H34IN5O. The third-order valence-electron chi connectivity index (χ3n) is 5.23. The van der Waals surface area contributed by atoms with Crippen molar-refractivity contribution in [1.82, 2.24) is 20.3 Å². The van der Waals surface area contributed by atoms with E-state index < -0.39 is 0 Å². The number of nitrogens with zero attached hydrogens (tertiary/aromatic N) is 4.